The van der Waals surface area contributed by atoms with E-state index < -0.39 is 30.2 Å². The molecule has 0 aromatic carbocycles. The molecule has 2 N–H and O–H groups in total. The number of rotatable bonds is 1. The maximum absolute atomic E-state index is 11.1. The van der Waals surface area contributed by atoms with E-state index in [0.717, 1.165) is 0 Å². The Bertz CT molecular complexity index is 180. The van der Waals surface area contributed by atoms with Gasteiger partial charge < -0.3 is 14.9 Å². The van der Waals surface area contributed by atoms with Crippen molar-refractivity contribution in [3.05, 3.63) is 0 Å². The van der Waals surface area contributed by atoms with Gasteiger partial charge in [0, 0.05) is 0 Å². The van der Waals surface area contributed by atoms with Crippen molar-refractivity contribution < 1.29 is 19.7 Å². The second-order valence-electron chi connectivity index (χ2n) is 3.06. The summed E-state index contributed by atoms with van der Waals surface area (Å²) in [7, 11) is 0. The SMILES string of the molecule is CC[C@@H]1OC(C)C(=O)C(O)C1O. The van der Waals surface area contributed by atoms with Crippen molar-refractivity contribution in [3.8, 4) is 0 Å². The second-order valence-corrected chi connectivity index (χ2v) is 3.06. The summed E-state index contributed by atoms with van der Waals surface area (Å²) in [5, 5.41) is 18.6. The Hall–Kier alpha value is -0.450. The molecule has 4 atom stereocenters. The summed E-state index contributed by atoms with van der Waals surface area (Å²) in [6.07, 6.45) is -2.78. The number of carbonyl (C=O) groups is 1. The molecule has 0 saturated carbocycles. The molecular formula is C8H14O4. The average Bonchev–Trinajstić information content (AvgIpc) is 2.08. The molecule has 1 aliphatic rings. The molecule has 0 aromatic heterocycles. The number of hydrogen-bond acceptors (Lipinski definition) is 4. The number of aliphatic hydroxyl groups is 2. The van der Waals surface area contributed by atoms with E-state index in [4.69, 9.17) is 4.74 Å². The third kappa shape index (κ3) is 1.50. The maximum atomic E-state index is 11.1. The van der Waals surface area contributed by atoms with E-state index in [9.17, 15) is 15.0 Å². The Morgan fingerprint density at radius 1 is 1.50 bits per heavy atom. The quantitative estimate of drug-likeness (QED) is 0.561. The van der Waals surface area contributed by atoms with Crippen LogP contribution in [0.2, 0.25) is 0 Å². The first-order chi connectivity index (χ1) is 5.57. The standard InChI is InChI=1S/C8H14O4/c1-3-5-7(10)8(11)6(9)4(2)12-5/h4-5,7-8,10-11H,3H2,1-2H3/t4?,5-,7?,8?/m0/s1. The summed E-state index contributed by atoms with van der Waals surface area (Å²) in [6, 6.07) is 0. The third-order valence-electron chi connectivity index (χ3n) is 2.18. The van der Waals surface area contributed by atoms with Crippen molar-refractivity contribution in [2.75, 3.05) is 0 Å². The lowest BCUT2D eigenvalue weighted by Gasteiger charge is -2.34. The predicted molar refractivity (Wildman–Crippen MR) is 41.6 cm³/mol. The van der Waals surface area contributed by atoms with Crippen molar-refractivity contribution in [1.29, 1.82) is 0 Å². The van der Waals surface area contributed by atoms with Gasteiger partial charge in [-0.05, 0) is 13.3 Å². The lowest BCUT2D eigenvalue weighted by atomic mass is 9.96. The van der Waals surface area contributed by atoms with Gasteiger partial charge in [-0.2, -0.15) is 0 Å². The molecule has 1 aliphatic heterocycles. The van der Waals surface area contributed by atoms with Crippen molar-refractivity contribution in [2.45, 2.75) is 44.7 Å². The number of ether oxygens (including phenoxy) is 1. The topological polar surface area (TPSA) is 66.8 Å². The van der Waals surface area contributed by atoms with Crippen LogP contribution in [0.1, 0.15) is 20.3 Å². The zero-order valence-electron chi connectivity index (χ0n) is 7.23. The number of aliphatic hydroxyl groups excluding tert-OH is 2. The van der Waals surface area contributed by atoms with E-state index in [-0.39, 0.29) is 0 Å². The van der Waals surface area contributed by atoms with Crippen molar-refractivity contribution in [1.82, 2.24) is 0 Å². The van der Waals surface area contributed by atoms with Crippen LogP contribution in [-0.2, 0) is 9.53 Å². The first-order valence-electron chi connectivity index (χ1n) is 4.13. The molecule has 0 aliphatic carbocycles. The van der Waals surface area contributed by atoms with Gasteiger partial charge in [-0.15, -0.1) is 0 Å². The Kier molecular flexibility index (Phi) is 2.82. The molecule has 1 saturated heterocycles. The molecule has 0 radical (unpaired) electrons. The molecule has 3 unspecified atom stereocenters. The van der Waals surface area contributed by atoms with Crippen LogP contribution in [0.3, 0.4) is 0 Å². The van der Waals surface area contributed by atoms with Gasteiger partial charge in [0.1, 0.15) is 18.3 Å². The smallest absolute Gasteiger partial charge is 0.192 e. The average molecular weight is 174 g/mol. The molecule has 0 aromatic rings. The highest BCUT2D eigenvalue weighted by Gasteiger charge is 2.40. The molecule has 1 fully saturated rings. The van der Waals surface area contributed by atoms with Crippen LogP contribution in [0.15, 0.2) is 0 Å². The minimum absolute atomic E-state index is 0.423. The zero-order chi connectivity index (χ0) is 9.30. The Morgan fingerprint density at radius 3 is 2.58 bits per heavy atom. The zero-order valence-corrected chi connectivity index (χ0v) is 7.23. The largest absolute Gasteiger partial charge is 0.387 e. The maximum Gasteiger partial charge on any atom is 0.192 e. The van der Waals surface area contributed by atoms with E-state index >= 15 is 0 Å². The van der Waals surface area contributed by atoms with Gasteiger partial charge in [0.15, 0.2) is 5.78 Å². The monoisotopic (exact) mass is 174 g/mol. The highest BCUT2D eigenvalue weighted by atomic mass is 16.5. The minimum Gasteiger partial charge on any atom is -0.387 e. The normalized spacial score (nSPS) is 43.2. The van der Waals surface area contributed by atoms with Gasteiger partial charge in [-0.25, -0.2) is 0 Å². The first-order valence-corrected chi connectivity index (χ1v) is 4.13. The molecular weight excluding hydrogens is 160 g/mol. The Balaban J connectivity index is 2.70. The number of ketones is 1. The molecule has 1 heterocycles. The molecule has 0 amide bonds. The highest BCUT2D eigenvalue weighted by Crippen LogP contribution is 2.19. The van der Waals surface area contributed by atoms with Gasteiger partial charge in [-0.3, -0.25) is 4.79 Å². The molecule has 70 valence electrons. The summed E-state index contributed by atoms with van der Waals surface area (Å²) in [5.74, 6) is -0.438. The predicted octanol–water partition coefficient (Wildman–Crippen LogP) is -0.525. The lowest BCUT2D eigenvalue weighted by Crippen LogP contribution is -2.53. The first kappa shape index (κ1) is 9.64. The van der Waals surface area contributed by atoms with Crippen LogP contribution < -0.4 is 0 Å². The van der Waals surface area contributed by atoms with E-state index in [0.29, 0.717) is 6.42 Å². The Labute approximate surface area is 71.2 Å². The van der Waals surface area contributed by atoms with Gasteiger partial charge in [0.05, 0.1) is 6.10 Å². The molecule has 0 spiro atoms. The second kappa shape index (κ2) is 3.51. The highest BCUT2D eigenvalue weighted by molar-refractivity contribution is 5.88. The van der Waals surface area contributed by atoms with Gasteiger partial charge in [0.2, 0.25) is 0 Å². The number of carbonyl (C=O) groups excluding carboxylic acids is 1. The fraction of sp³-hybridized carbons (Fsp3) is 0.875. The van der Waals surface area contributed by atoms with Crippen molar-refractivity contribution in [3.63, 3.8) is 0 Å². The summed E-state index contributed by atoms with van der Waals surface area (Å²) in [4.78, 5) is 11.1. The molecule has 4 nitrogen and oxygen atoms in total. The molecule has 12 heavy (non-hydrogen) atoms. The van der Waals surface area contributed by atoms with Crippen LogP contribution in [0.4, 0.5) is 0 Å². The fourth-order valence-electron chi connectivity index (χ4n) is 1.36. The Morgan fingerprint density at radius 2 is 2.08 bits per heavy atom. The van der Waals surface area contributed by atoms with E-state index in [2.05, 4.69) is 0 Å². The number of hydrogen-bond donors (Lipinski definition) is 2. The lowest BCUT2D eigenvalue weighted by molar-refractivity contribution is -0.179. The fourth-order valence-corrected chi connectivity index (χ4v) is 1.36. The van der Waals surface area contributed by atoms with Crippen LogP contribution in [0.5, 0.6) is 0 Å². The third-order valence-corrected chi connectivity index (χ3v) is 2.18. The van der Waals surface area contributed by atoms with E-state index in [1.807, 2.05) is 6.92 Å². The van der Waals surface area contributed by atoms with Crippen molar-refractivity contribution >= 4 is 5.78 Å². The number of Topliss-reactive ketones (excluding diaryl/α,β-unsaturated/α-hetero) is 1. The van der Waals surface area contributed by atoms with E-state index in [1.165, 1.54) is 0 Å². The molecule has 4 heteroatoms. The van der Waals surface area contributed by atoms with E-state index in [1.54, 1.807) is 6.92 Å². The minimum atomic E-state index is -1.28. The molecule has 0 bridgehead atoms. The van der Waals surface area contributed by atoms with Crippen LogP contribution in [0, 0.1) is 0 Å². The summed E-state index contributed by atoms with van der Waals surface area (Å²) in [5.41, 5.74) is 0. The summed E-state index contributed by atoms with van der Waals surface area (Å²) in [6.45, 7) is 3.42. The van der Waals surface area contributed by atoms with Gasteiger partial charge in [-0.1, -0.05) is 6.92 Å². The van der Waals surface area contributed by atoms with Crippen LogP contribution in [0.25, 0.3) is 0 Å². The van der Waals surface area contributed by atoms with Crippen LogP contribution in [-0.4, -0.2) is 40.4 Å². The van der Waals surface area contributed by atoms with Gasteiger partial charge >= 0.3 is 0 Å². The van der Waals surface area contributed by atoms with Crippen LogP contribution >= 0.6 is 0 Å². The van der Waals surface area contributed by atoms with Crippen molar-refractivity contribution in [2.24, 2.45) is 0 Å². The van der Waals surface area contributed by atoms with Gasteiger partial charge in [0.25, 0.3) is 0 Å². The summed E-state index contributed by atoms with van der Waals surface area (Å²) >= 11 is 0. The molecule has 1 rings (SSSR count). The summed E-state index contributed by atoms with van der Waals surface area (Å²) < 4.78 is 5.17.